The maximum absolute atomic E-state index is 12.4. The van der Waals surface area contributed by atoms with Crippen LogP contribution in [0.15, 0.2) is 26.4 Å². The lowest BCUT2D eigenvalue weighted by Gasteiger charge is -2.46. The van der Waals surface area contributed by atoms with E-state index >= 15 is 0 Å². The molecule has 10 heteroatoms. The minimum absolute atomic E-state index is 0.00887. The Morgan fingerprint density at radius 1 is 1.48 bits per heavy atom. The first-order chi connectivity index (χ1) is 13.8. The van der Waals surface area contributed by atoms with Gasteiger partial charge >= 0.3 is 5.97 Å². The Bertz CT molecular complexity index is 954. The number of β-lactam (4-membered cyclic amide) rings is 1. The number of aromatic nitrogens is 1. The maximum Gasteiger partial charge on any atom is 0.353 e. The molecule has 154 valence electrons. The number of aliphatic hydroxyl groups excluding tert-OH is 1. The zero-order valence-electron chi connectivity index (χ0n) is 16.2. The van der Waals surface area contributed by atoms with Crippen molar-refractivity contribution in [1.29, 1.82) is 5.41 Å². The molecule has 4 rings (SSSR count). The van der Waals surface area contributed by atoms with Crippen molar-refractivity contribution in [2.24, 2.45) is 11.8 Å². The molecule has 0 aromatic carbocycles. The van der Waals surface area contributed by atoms with Crippen molar-refractivity contribution in [2.75, 3.05) is 6.54 Å². The highest BCUT2D eigenvalue weighted by Gasteiger charge is 2.60. The third-order valence-corrected chi connectivity index (χ3v) is 8.15. The lowest BCUT2D eigenvalue weighted by molar-refractivity contribution is -0.163. The van der Waals surface area contributed by atoms with E-state index < -0.39 is 18.0 Å². The highest BCUT2D eigenvalue weighted by molar-refractivity contribution is 8.04. The second-order valence-corrected chi connectivity index (χ2v) is 9.68. The average molecular weight is 435 g/mol. The Kier molecular flexibility index (Phi) is 5.04. The monoisotopic (exact) mass is 434 g/mol. The van der Waals surface area contributed by atoms with Gasteiger partial charge in [-0.2, -0.15) is 0 Å². The Morgan fingerprint density at radius 3 is 2.79 bits per heavy atom. The summed E-state index contributed by atoms with van der Waals surface area (Å²) in [5.41, 5.74) is 1.89. The van der Waals surface area contributed by atoms with E-state index in [9.17, 15) is 19.8 Å². The first kappa shape index (κ1) is 20.1. The molecule has 0 unspecified atom stereocenters. The third-order valence-electron chi connectivity index (χ3n) is 5.92. The van der Waals surface area contributed by atoms with Gasteiger partial charge in [0.25, 0.3) is 0 Å². The van der Waals surface area contributed by atoms with E-state index in [0.29, 0.717) is 15.8 Å². The van der Waals surface area contributed by atoms with Gasteiger partial charge in [0.1, 0.15) is 5.70 Å². The number of nitrogens with one attached hydrogen (secondary N) is 1. The quantitative estimate of drug-likeness (QED) is 0.356. The van der Waals surface area contributed by atoms with Crippen molar-refractivity contribution >= 4 is 46.9 Å². The summed E-state index contributed by atoms with van der Waals surface area (Å²) in [6.45, 7) is 6.16. The molecule has 0 bridgehead atoms. The van der Waals surface area contributed by atoms with E-state index in [4.69, 9.17) is 5.41 Å². The molecule has 1 aromatic heterocycles. The van der Waals surface area contributed by atoms with E-state index in [1.54, 1.807) is 6.92 Å². The Labute approximate surface area is 176 Å². The number of hydrogen-bond acceptors (Lipinski definition) is 7. The summed E-state index contributed by atoms with van der Waals surface area (Å²) in [6.07, 6.45) is 2.56. The van der Waals surface area contributed by atoms with Crippen LogP contribution in [-0.4, -0.2) is 67.9 Å². The summed E-state index contributed by atoms with van der Waals surface area (Å²) in [5, 5.41) is 29.1. The molecule has 0 aliphatic carbocycles. The fourth-order valence-corrected chi connectivity index (χ4v) is 6.48. The lowest BCUT2D eigenvalue weighted by Crippen LogP contribution is -2.63. The molecule has 1 saturated heterocycles. The first-order valence-corrected chi connectivity index (χ1v) is 11.0. The van der Waals surface area contributed by atoms with Crippen LogP contribution >= 0.6 is 23.1 Å². The number of rotatable bonds is 6. The van der Waals surface area contributed by atoms with Crippen LogP contribution < -0.4 is 0 Å². The predicted octanol–water partition coefficient (Wildman–Crippen LogP) is 2.08. The van der Waals surface area contributed by atoms with Crippen LogP contribution in [0.25, 0.3) is 5.57 Å². The highest BCUT2D eigenvalue weighted by Crippen LogP contribution is 2.52. The minimum Gasteiger partial charge on any atom is -0.477 e. The minimum atomic E-state index is -1.13. The van der Waals surface area contributed by atoms with Gasteiger partial charge in [-0.3, -0.25) is 10.2 Å². The smallest absolute Gasteiger partial charge is 0.353 e. The molecule has 4 heterocycles. The van der Waals surface area contributed by atoms with E-state index in [-0.39, 0.29) is 29.6 Å². The number of fused-ring (bicyclic) bond motifs is 1. The summed E-state index contributed by atoms with van der Waals surface area (Å²) in [4.78, 5) is 32.8. The van der Waals surface area contributed by atoms with Crippen molar-refractivity contribution in [3.8, 4) is 0 Å². The van der Waals surface area contributed by atoms with Gasteiger partial charge < -0.3 is 20.0 Å². The van der Waals surface area contributed by atoms with Gasteiger partial charge in [-0.1, -0.05) is 24.8 Å². The van der Waals surface area contributed by atoms with Crippen LogP contribution in [0.2, 0.25) is 0 Å². The van der Waals surface area contributed by atoms with Gasteiger partial charge in [0, 0.05) is 22.7 Å². The number of thioether (sulfide) groups is 1. The molecule has 1 amide bonds. The molecule has 3 aliphatic heterocycles. The normalized spacial score (nSPS) is 29.7. The Balaban J connectivity index is 1.60. The van der Waals surface area contributed by atoms with Crippen LogP contribution in [0, 0.1) is 17.2 Å². The fourth-order valence-electron chi connectivity index (χ4n) is 4.38. The largest absolute Gasteiger partial charge is 0.477 e. The van der Waals surface area contributed by atoms with Crippen molar-refractivity contribution in [2.45, 2.75) is 43.3 Å². The molecule has 0 saturated carbocycles. The molecule has 0 radical (unpaired) electrons. The van der Waals surface area contributed by atoms with Crippen molar-refractivity contribution in [3.63, 3.8) is 0 Å². The number of carboxylic acid groups (broad SMARTS) is 1. The van der Waals surface area contributed by atoms with Gasteiger partial charge in [0.05, 0.1) is 36.1 Å². The van der Waals surface area contributed by atoms with Crippen LogP contribution in [-0.2, 0) is 9.59 Å². The Hall–Kier alpha value is -2.17. The molecule has 0 spiro atoms. The van der Waals surface area contributed by atoms with E-state index in [1.807, 2.05) is 24.1 Å². The molecule has 1 aromatic rings. The summed E-state index contributed by atoms with van der Waals surface area (Å²) >= 11 is 2.73. The molecule has 3 aliphatic rings. The van der Waals surface area contributed by atoms with Crippen molar-refractivity contribution in [3.05, 3.63) is 27.8 Å². The number of carbonyl (C=O) groups is 2. The first-order valence-electron chi connectivity index (χ1n) is 9.35. The number of thiazole rings is 1. The predicted molar refractivity (Wildman–Crippen MR) is 111 cm³/mol. The maximum atomic E-state index is 12.4. The van der Waals surface area contributed by atoms with Gasteiger partial charge in [0.15, 0.2) is 4.34 Å². The van der Waals surface area contributed by atoms with Crippen LogP contribution in [0.5, 0.6) is 0 Å². The van der Waals surface area contributed by atoms with E-state index in [2.05, 4.69) is 11.1 Å². The van der Waals surface area contributed by atoms with Crippen molar-refractivity contribution < 1.29 is 19.8 Å². The standard InChI is InChI=1S/C19H22N4O4S2/c1-8-14-13(10(3)24)17(25)23(14)15(18(26)27)16(8)29-19-21-12(6-28-19)11-4-5-22(7-20)9(11)2/h4,6-10,13-14,20,24H,5H2,1-3H3,(H,26,27)/t8-,9+,10-,13-,14-/m1/s1. The van der Waals surface area contributed by atoms with E-state index in [1.165, 1.54) is 34.3 Å². The molecule has 8 nitrogen and oxygen atoms in total. The van der Waals surface area contributed by atoms with Gasteiger partial charge in [-0.25, -0.2) is 9.78 Å². The SMILES string of the molecule is C[C@@H](O)[C@H]1C(=O)N2C(C(=O)O)=C(Sc3nc(C4=CCN(C=N)[C@H]4C)cs3)[C@H](C)[C@H]12. The number of carbonyl (C=O) groups excluding carboxylic acids is 1. The fraction of sp³-hybridized carbons (Fsp3) is 0.474. The number of amides is 1. The van der Waals surface area contributed by atoms with Crippen molar-refractivity contribution in [1.82, 2.24) is 14.8 Å². The molecule has 3 N–H and O–H groups in total. The van der Waals surface area contributed by atoms with Crippen LogP contribution in [0.1, 0.15) is 26.5 Å². The zero-order valence-corrected chi connectivity index (χ0v) is 17.8. The second-order valence-electron chi connectivity index (χ2n) is 7.53. The van der Waals surface area contributed by atoms with E-state index in [0.717, 1.165) is 11.3 Å². The molecular weight excluding hydrogens is 412 g/mol. The summed E-state index contributed by atoms with van der Waals surface area (Å²) in [5.74, 6) is -2.22. The number of carboxylic acids is 1. The van der Waals surface area contributed by atoms with Crippen LogP contribution in [0.4, 0.5) is 0 Å². The molecule has 1 fully saturated rings. The van der Waals surface area contributed by atoms with Gasteiger partial charge in [-0.15, -0.1) is 11.3 Å². The topological polar surface area (TPSA) is 118 Å². The molecule has 29 heavy (non-hydrogen) atoms. The summed E-state index contributed by atoms with van der Waals surface area (Å²) in [6, 6.07) is -0.257. The van der Waals surface area contributed by atoms with Gasteiger partial charge in [0.2, 0.25) is 5.91 Å². The number of aliphatic carboxylic acids is 1. The third kappa shape index (κ3) is 3.01. The number of nitrogens with zero attached hydrogens (tertiary/aromatic N) is 3. The van der Waals surface area contributed by atoms with Gasteiger partial charge in [-0.05, 0) is 19.4 Å². The average Bonchev–Trinajstić information content (AvgIpc) is 3.32. The molecule has 5 atom stereocenters. The second kappa shape index (κ2) is 7.26. The lowest BCUT2D eigenvalue weighted by atomic mass is 9.79. The number of hydrogen-bond donors (Lipinski definition) is 3. The Morgan fingerprint density at radius 2 is 2.21 bits per heavy atom. The number of aliphatic hydroxyl groups is 1. The summed E-state index contributed by atoms with van der Waals surface area (Å²) < 4.78 is 0.713. The molecular formula is C19H22N4O4S2. The highest BCUT2D eigenvalue weighted by atomic mass is 32.2. The summed E-state index contributed by atoms with van der Waals surface area (Å²) in [7, 11) is 0. The van der Waals surface area contributed by atoms with Crippen LogP contribution in [0.3, 0.4) is 0 Å². The zero-order chi connectivity index (χ0) is 21.0.